The number of para-hydroxylation sites is 1. The van der Waals surface area contributed by atoms with E-state index >= 15 is 0 Å². The molecule has 0 aliphatic heterocycles. The Bertz CT molecular complexity index is 471. The van der Waals surface area contributed by atoms with Crippen molar-refractivity contribution in [3.63, 3.8) is 0 Å². The molecule has 1 aromatic rings. The van der Waals surface area contributed by atoms with Gasteiger partial charge in [0.1, 0.15) is 0 Å². The number of nitrogens with zero attached hydrogens (tertiary/aromatic N) is 2. The quantitative estimate of drug-likeness (QED) is 0.500. The Balaban J connectivity index is 3.04. The third-order valence-electron chi connectivity index (χ3n) is 1.78. The number of thioether (sulfide) groups is 1. The first kappa shape index (κ1) is 13.0. The maximum Gasteiger partial charge on any atom is 0.361 e. The Kier molecular flexibility index (Phi) is 4.34. The molecule has 0 saturated carbocycles. The van der Waals surface area contributed by atoms with Crippen molar-refractivity contribution < 1.29 is 13.0 Å². The van der Waals surface area contributed by atoms with Gasteiger partial charge in [0, 0.05) is 7.05 Å². The van der Waals surface area contributed by atoms with E-state index in [0.29, 0.717) is 5.69 Å². The van der Waals surface area contributed by atoms with Gasteiger partial charge in [-0.05, 0) is 18.4 Å². The van der Waals surface area contributed by atoms with E-state index in [4.69, 9.17) is 4.55 Å². The highest BCUT2D eigenvalue weighted by Gasteiger charge is 2.17. The highest BCUT2D eigenvalue weighted by Crippen LogP contribution is 2.16. The second-order valence-corrected chi connectivity index (χ2v) is 5.10. The van der Waals surface area contributed by atoms with Gasteiger partial charge in [-0.3, -0.25) is 4.55 Å². The zero-order valence-electron chi connectivity index (χ0n) is 8.86. The van der Waals surface area contributed by atoms with Crippen LogP contribution in [0.15, 0.2) is 35.3 Å². The second kappa shape index (κ2) is 5.33. The molecule has 0 aliphatic carbocycles. The normalized spacial score (nSPS) is 12.6. The number of hydrogen-bond donors (Lipinski definition) is 1. The molecular weight excluding hydrogens is 248 g/mol. The highest BCUT2D eigenvalue weighted by molar-refractivity contribution is 8.14. The van der Waals surface area contributed by atoms with E-state index in [0.717, 1.165) is 16.1 Å². The number of aliphatic imine (C=N–C) groups is 1. The summed E-state index contributed by atoms with van der Waals surface area (Å²) in [6.45, 7) is 0. The van der Waals surface area contributed by atoms with E-state index in [1.807, 2.05) is 6.07 Å². The fourth-order valence-corrected chi connectivity index (χ4v) is 2.15. The van der Waals surface area contributed by atoms with Gasteiger partial charge in [0.25, 0.3) is 0 Å². The molecule has 5 nitrogen and oxygen atoms in total. The van der Waals surface area contributed by atoms with Crippen LogP contribution in [0, 0.1) is 0 Å². The van der Waals surface area contributed by atoms with Crippen LogP contribution < -0.4 is 0 Å². The molecule has 0 atom stereocenters. The summed E-state index contributed by atoms with van der Waals surface area (Å²) in [7, 11) is -3.01. The average Bonchev–Trinajstić information content (AvgIpc) is 2.25. The zero-order chi connectivity index (χ0) is 12.2. The van der Waals surface area contributed by atoms with E-state index < -0.39 is 10.3 Å². The van der Waals surface area contributed by atoms with Crippen LogP contribution in [0.1, 0.15) is 0 Å². The van der Waals surface area contributed by atoms with Crippen molar-refractivity contribution >= 4 is 32.9 Å². The Labute approximate surface area is 99.1 Å². The van der Waals surface area contributed by atoms with Crippen molar-refractivity contribution in [3.8, 4) is 0 Å². The summed E-state index contributed by atoms with van der Waals surface area (Å²) in [5.74, 6) is 0. The summed E-state index contributed by atoms with van der Waals surface area (Å²) in [4.78, 5) is 4.11. The van der Waals surface area contributed by atoms with Gasteiger partial charge in [-0.1, -0.05) is 30.0 Å². The fourth-order valence-electron chi connectivity index (χ4n) is 0.956. The molecule has 0 heterocycles. The summed E-state index contributed by atoms with van der Waals surface area (Å²) >= 11 is 1.14. The smallest absolute Gasteiger partial charge is 0.269 e. The van der Waals surface area contributed by atoms with Crippen molar-refractivity contribution in [2.75, 3.05) is 13.3 Å². The lowest BCUT2D eigenvalue weighted by Crippen LogP contribution is -2.30. The minimum absolute atomic E-state index is 0.203. The van der Waals surface area contributed by atoms with Gasteiger partial charge in [-0.15, -0.1) is 0 Å². The van der Waals surface area contributed by atoms with Gasteiger partial charge in [-0.25, -0.2) is 9.30 Å². The lowest BCUT2D eigenvalue weighted by atomic mass is 10.3. The van der Waals surface area contributed by atoms with E-state index in [-0.39, 0.29) is 5.17 Å². The summed E-state index contributed by atoms with van der Waals surface area (Å²) in [5.41, 5.74) is 0.627. The molecule has 1 aromatic carbocycles. The molecule has 0 aliphatic rings. The maximum atomic E-state index is 10.9. The molecule has 88 valence electrons. The Hall–Kier alpha value is -1.05. The molecule has 0 fully saturated rings. The minimum atomic E-state index is -4.25. The molecule has 0 unspecified atom stereocenters. The molecule has 7 heteroatoms. The summed E-state index contributed by atoms with van der Waals surface area (Å²) in [5, 5.41) is 0.203. The predicted molar refractivity (Wildman–Crippen MR) is 66.4 cm³/mol. The molecule has 0 bridgehead atoms. The van der Waals surface area contributed by atoms with E-state index in [1.54, 1.807) is 30.5 Å². The van der Waals surface area contributed by atoms with Gasteiger partial charge >= 0.3 is 10.3 Å². The summed E-state index contributed by atoms with van der Waals surface area (Å²) < 4.78 is 31.4. The fraction of sp³-hybridized carbons (Fsp3) is 0.222. The number of hydrogen-bond acceptors (Lipinski definition) is 4. The summed E-state index contributed by atoms with van der Waals surface area (Å²) in [6.07, 6.45) is 1.68. The third kappa shape index (κ3) is 3.51. The van der Waals surface area contributed by atoms with Crippen LogP contribution in [-0.2, 0) is 10.3 Å². The summed E-state index contributed by atoms with van der Waals surface area (Å²) in [6, 6.07) is 8.92. The van der Waals surface area contributed by atoms with Crippen LogP contribution >= 0.6 is 11.8 Å². The van der Waals surface area contributed by atoms with E-state index in [2.05, 4.69) is 4.99 Å². The zero-order valence-corrected chi connectivity index (χ0v) is 10.5. The number of amidine groups is 1. The third-order valence-corrected chi connectivity index (χ3v) is 3.49. The Morgan fingerprint density at radius 2 is 1.94 bits per heavy atom. The molecule has 1 rings (SSSR count). The molecule has 0 amide bonds. The van der Waals surface area contributed by atoms with Crippen LogP contribution in [0.25, 0.3) is 0 Å². The molecular formula is C9H12N2O3S2. The average molecular weight is 260 g/mol. The van der Waals surface area contributed by atoms with Gasteiger partial charge in [0.05, 0.1) is 5.69 Å². The molecule has 16 heavy (non-hydrogen) atoms. The standard InChI is InChI=1S/C9H12N2O3S2/c1-11(16(12,13)14)9(15-2)10-8-6-4-3-5-7-8/h3-7H,1-2H3,(H,12,13,14). The van der Waals surface area contributed by atoms with E-state index in [9.17, 15) is 8.42 Å². The monoisotopic (exact) mass is 260 g/mol. The number of benzene rings is 1. The lowest BCUT2D eigenvalue weighted by Gasteiger charge is -2.15. The van der Waals surface area contributed by atoms with Crippen LogP contribution in [0.4, 0.5) is 5.69 Å². The van der Waals surface area contributed by atoms with Crippen LogP contribution in [0.2, 0.25) is 0 Å². The number of rotatable bonds is 2. The topological polar surface area (TPSA) is 70.0 Å². The highest BCUT2D eigenvalue weighted by atomic mass is 32.2. The van der Waals surface area contributed by atoms with E-state index in [1.165, 1.54) is 7.05 Å². The first-order valence-electron chi connectivity index (χ1n) is 4.34. The van der Waals surface area contributed by atoms with Gasteiger partial charge in [0.15, 0.2) is 5.17 Å². The molecule has 0 saturated heterocycles. The van der Waals surface area contributed by atoms with Crippen molar-refractivity contribution in [2.45, 2.75) is 0 Å². The first-order chi connectivity index (χ1) is 7.45. The molecule has 0 spiro atoms. The van der Waals surface area contributed by atoms with Gasteiger partial charge in [-0.2, -0.15) is 8.42 Å². The SMILES string of the molecule is CSC(=Nc1ccccc1)N(C)S(=O)(=O)O. The maximum absolute atomic E-state index is 10.9. The molecule has 0 aromatic heterocycles. The van der Waals surface area contributed by atoms with Crippen molar-refractivity contribution in [2.24, 2.45) is 4.99 Å². The molecule has 1 N–H and O–H groups in total. The van der Waals surface area contributed by atoms with Crippen LogP contribution in [0.5, 0.6) is 0 Å². The Morgan fingerprint density at radius 1 is 1.38 bits per heavy atom. The van der Waals surface area contributed by atoms with Crippen LogP contribution in [0.3, 0.4) is 0 Å². The van der Waals surface area contributed by atoms with Crippen molar-refractivity contribution in [1.82, 2.24) is 4.31 Å². The molecule has 0 radical (unpaired) electrons. The van der Waals surface area contributed by atoms with Crippen molar-refractivity contribution in [1.29, 1.82) is 0 Å². The first-order valence-corrected chi connectivity index (χ1v) is 6.96. The van der Waals surface area contributed by atoms with Gasteiger partial charge < -0.3 is 0 Å². The minimum Gasteiger partial charge on any atom is -0.269 e. The second-order valence-electron chi connectivity index (χ2n) is 2.88. The largest absolute Gasteiger partial charge is 0.361 e. The van der Waals surface area contributed by atoms with Crippen LogP contribution in [-0.4, -0.2) is 35.7 Å². The van der Waals surface area contributed by atoms with Gasteiger partial charge in [0.2, 0.25) is 0 Å². The van der Waals surface area contributed by atoms with Crippen molar-refractivity contribution in [3.05, 3.63) is 30.3 Å². The lowest BCUT2D eigenvalue weighted by molar-refractivity contribution is 0.441. The Morgan fingerprint density at radius 3 is 2.38 bits per heavy atom. The predicted octanol–water partition coefficient (Wildman–Crippen LogP) is 1.77.